The van der Waals surface area contributed by atoms with E-state index in [1.165, 1.54) is 6.21 Å². The molecule has 2 amide bonds. The number of rotatable bonds is 9. The van der Waals surface area contributed by atoms with Crippen molar-refractivity contribution in [2.75, 3.05) is 13.2 Å². The molecular weight excluding hydrogens is 396 g/mol. The van der Waals surface area contributed by atoms with Crippen LogP contribution in [-0.4, -0.2) is 36.2 Å². The van der Waals surface area contributed by atoms with E-state index in [1.807, 2.05) is 18.2 Å². The summed E-state index contributed by atoms with van der Waals surface area (Å²) in [6.45, 7) is 2.47. The lowest BCUT2D eigenvalue weighted by molar-refractivity contribution is -0.120. The van der Waals surface area contributed by atoms with Crippen molar-refractivity contribution in [2.24, 2.45) is 5.10 Å². The molecule has 0 aliphatic carbocycles. The van der Waals surface area contributed by atoms with E-state index in [-0.39, 0.29) is 18.0 Å². The van der Waals surface area contributed by atoms with Gasteiger partial charge in [0.2, 0.25) is 0 Å². The zero-order valence-corrected chi connectivity index (χ0v) is 17.2. The molecule has 31 heavy (non-hydrogen) atoms. The minimum absolute atomic E-state index is 0.251. The Morgan fingerprint density at radius 2 is 1.90 bits per heavy atom. The maximum Gasteiger partial charge on any atom is 0.259 e. The number of hydrogen-bond acceptors (Lipinski definition) is 5. The summed E-state index contributed by atoms with van der Waals surface area (Å²) in [5.74, 6) is -0.202. The van der Waals surface area contributed by atoms with Crippen LogP contribution in [0.3, 0.4) is 0 Å². The van der Waals surface area contributed by atoms with E-state index < -0.39 is 5.91 Å². The number of hydrogen-bond donors (Lipinski definition) is 3. The van der Waals surface area contributed by atoms with Crippen LogP contribution in [0.4, 0.5) is 0 Å². The summed E-state index contributed by atoms with van der Waals surface area (Å²) in [7, 11) is 0. The first kappa shape index (κ1) is 21.8. The number of nitrogens with zero attached hydrogens (tertiary/aromatic N) is 1. The van der Waals surface area contributed by atoms with Crippen LogP contribution in [0.5, 0.6) is 5.75 Å². The van der Waals surface area contributed by atoms with Crippen molar-refractivity contribution in [3.8, 4) is 5.75 Å². The van der Waals surface area contributed by atoms with Gasteiger partial charge in [0.15, 0.2) is 0 Å². The van der Waals surface area contributed by atoms with Crippen LogP contribution in [0.2, 0.25) is 0 Å². The molecule has 8 heteroatoms. The van der Waals surface area contributed by atoms with Crippen molar-refractivity contribution in [2.45, 2.75) is 19.8 Å². The topological polar surface area (TPSA) is 113 Å². The number of benzene rings is 2. The quantitative estimate of drug-likeness (QED) is 0.281. The van der Waals surface area contributed by atoms with E-state index in [1.54, 1.807) is 36.4 Å². The summed E-state index contributed by atoms with van der Waals surface area (Å²) in [5.41, 5.74) is 3.43. The van der Waals surface area contributed by atoms with Gasteiger partial charge in [-0.25, -0.2) is 5.43 Å². The molecule has 8 nitrogen and oxygen atoms in total. The molecule has 160 valence electrons. The maximum absolute atomic E-state index is 12.2. The normalized spacial score (nSPS) is 10.9. The lowest BCUT2D eigenvalue weighted by Gasteiger charge is -2.07. The predicted molar refractivity (Wildman–Crippen MR) is 119 cm³/mol. The van der Waals surface area contributed by atoms with Crippen LogP contribution >= 0.6 is 0 Å². The fourth-order valence-electron chi connectivity index (χ4n) is 2.77. The Morgan fingerprint density at radius 3 is 2.68 bits per heavy atom. The fraction of sp³-hybridized carbons (Fsp3) is 0.217. The first-order chi connectivity index (χ1) is 15.1. The fourth-order valence-corrected chi connectivity index (χ4v) is 2.77. The van der Waals surface area contributed by atoms with E-state index in [9.17, 15) is 14.4 Å². The van der Waals surface area contributed by atoms with Gasteiger partial charge in [-0.3, -0.25) is 14.4 Å². The van der Waals surface area contributed by atoms with E-state index >= 15 is 0 Å². The third-order valence-electron chi connectivity index (χ3n) is 4.47. The van der Waals surface area contributed by atoms with E-state index in [0.717, 1.165) is 23.7 Å². The van der Waals surface area contributed by atoms with Gasteiger partial charge in [0.05, 0.1) is 24.9 Å². The Morgan fingerprint density at radius 1 is 1.13 bits per heavy atom. The summed E-state index contributed by atoms with van der Waals surface area (Å²) in [5, 5.41) is 7.17. The number of nitrogens with one attached hydrogen (secondary N) is 3. The molecule has 0 aliphatic rings. The van der Waals surface area contributed by atoms with Gasteiger partial charge in [-0.15, -0.1) is 0 Å². The van der Waals surface area contributed by atoms with Crippen molar-refractivity contribution in [1.29, 1.82) is 0 Å². The second-order valence-electron chi connectivity index (χ2n) is 6.84. The van der Waals surface area contributed by atoms with Gasteiger partial charge in [-0.05, 0) is 48.2 Å². The highest BCUT2D eigenvalue weighted by molar-refractivity contribution is 5.96. The number of para-hydroxylation sites is 1. The van der Waals surface area contributed by atoms with Gasteiger partial charge < -0.3 is 15.0 Å². The molecule has 3 N–H and O–H groups in total. The van der Waals surface area contributed by atoms with E-state index in [0.29, 0.717) is 23.5 Å². The first-order valence-electron chi connectivity index (χ1n) is 10.0. The number of ether oxygens (including phenoxy) is 1. The van der Waals surface area contributed by atoms with Crippen molar-refractivity contribution < 1.29 is 14.3 Å². The SMILES string of the molecule is CCCCOc1ccc(C(=O)NCC(=O)NN=Cc2cc3ccccc3[nH]c2=O)cc1. The van der Waals surface area contributed by atoms with Gasteiger partial charge in [0.1, 0.15) is 5.75 Å². The molecular formula is C23H24N4O4. The minimum atomic E-state index is -0.513. The number of aromatic amines is 1. The number of pyridine rings is 1. The lowest BCUT2D eigenvalue weighted by atomic mass is 10.2. The number of amides is 2. The van der Waals surface area contributed by atoms with E-state index in [4.69, 9.17) is 4.74 Å². The van der Waals surface area contributed by atoms with Crippen LogP contribution in [0, 0.1) is 0 Å². The zero-order chi connectivity index (χ0) is 22.1. The number of hydrazone groups is 1. The van der Waals surface area contributed by atoms with Crippen molar-refractivity contribution in [3.05, 3.63) is 76.1 Å². The first-order valence-corrected chi connectivity index (χ1v) is 10.0. The van der Waals surface area contributed by atoms with Gasteiger partial charge in [-0.1, -0.05) is 31.5 Å². The molecule has 0 aliphatic heterocycles. The molecule has 3 rings (SSSR count). The monoisotopic (exact) mass is 420 g/mol. The number of fused-ring (bicyclic) bond motifs is 1. The highest BCUT2D eigenvalue weighted by Crippen LogP contribution is 2.12. The summed E-state index contributed by atoms with van der Waals surface area (Å²) in [6, 6.07) is 15.7. The Balaban J connectivity index is 1.48. The third-order valence-corrected chi connectivity index (χ3v) is 4.47. The van der Waals surface area contributed by atoms with E-state index in [2.05, 4.69) is 27.8 Å². The lowest BCUT2D eigenvalue weighted by Crippen LogP contribution is -2.35. The third kappa shape index (κ3) is 6.27. The van der Waals surface area contributed by atoms with Crippen molar-refractivity contribution in [1.82, 2.24) is 15.7 Å². The number of H-pyrrole nitrogens is 1. The molecule has 0 fully saturated rings. The van der Waals surface area contributed by atoms with Crippen LogP contribution in [0.25, 0.3) is 10.9 Å². The molecule has 0 spiro atoms. The Kier molecular flexibility index (Phi) is 7.53. The minimum Gasteiger partial charge on any atom is -0.494 e. The maximum atomic E-state index is 12.2. The molecule has 0 radical (unpaired) electrons. The highest BCUT2D eigenvalue weighted by atomic mass is 16.5. The summed E-state index contributed by atoms with van der Waals surface area (Å²) in [4.78, 5) is 38.9. The predicted octanol–water partition coefficient (Wildman–Crippen LogP) is 2.59. The van der Waals surface area contributed by atoms with Gasteiger partial charge in [0.25, 0.3) is 17.4 Å². The molecule has 0 saturated carbocycles. The standard InChI is InChI=1S/C23H24N4O4/c1-2-3-12-31-19-10-8-16(9-11-19)22(29)24-15-21(28)27-25-14-18-13-17-6-4-5-7-20(17)26-23(18)30/h4-11,13-14H,2-3,12,15H2,1H3,(H,24,29)(H,26,30)(H,27,28). The van der Waals surface area contributed by atoms with Gasteiger partial charge >= 0.3 is 0 Å². The molecule has 2 aromatic carbocycles. The van der Waals surface area contributed by atoms with Crippen LogP contribution in [0.1, 0.15) is 35.7 Å². The second-order valence-corrected chi connectivity index (χ2v) is 6.84. The van der Waals surface area contributed by atoms with Crippen LogP contribution < -0.4 is 21.0 Å². The summed E-state index contributed by atoms with van der Waals surface area (Å²) < 4.78 is 5.56. The zero-order valence-electron chi connectivity index (χ0n) is 17.2. The smallest absolute Gasteiger partial charge is 0.259 e. The number of carbonyl (C=O) groups excluding carboxylic acids is 2. The molecule has 0 saturated heterocycles. The average Bonchev–Trinajstić information content (AvgIpc) is 2.78. The molecule has 0 unspecified atom stereocenters. The van der Waals surface area contributed by atoms with Gasteiger partial charge in [0, 0.05) is 11.1 Å². The summed E-state index contributed by atoms with van der Waals surface area (Å²) in [6.07, 6.45) is 3.28. The Labute approximate surface area is 179 Å². The van der Waals surface area contributed by atoms with Crippen LogP contribution in [0.15, 0.2) is 64.5 Å². The largest absolute Gasteiger partial charge is 0.494 e. The Hall–Kier alpha value is -3.94. The van der Waals surface area contributed by atoms with Gasteiger partial charge in [-0.2, -0.15) is 5.10 Å². The molecule has 0 atom stereocenters. The summed E-state index contributed by atoms with van der Waals surface area (Å²) >= 11 is 0. The molecule has 1 heterocycles. The number of aromatic nitrogens is 1. The van der Waals surface area contributed by atoms with Crippen molar-refractivity contribution >= 4 is 28.9 Å². The molecule has 3 aromatic rings. The number of carbonyl (C=O) groups is 2. The van der Waals surface area contributed by atoms with Crippen LogP contribution in [-0.2, 0) is 4.79 Å². The number of unbranched alkanes of at least 4 members (excludes halogenated alkanes) is 1. The van der Waals surface area contributed by atoms with Crippen molar-refractivity contribution in [3.63, 3.8) is 0 Å². The Bertz CT molecular complexity index is 1140. The second kappa shape index (κ2) is 10.7. The average molecular weight is 420 g/mol. The molecule has 1 aromatic heterocycles. The highest BCUT2D eigenvalue weighted by Gasteiger charge is 2.08. The molecule has 0 bridgehead atoms.